The summed E-state index contributed by atoms with van der Waals surface area (Å²) in [7, 11) is 3.46. The van der Waals surface area contributed by atoms with Crippen molar-refractivity contribution < 1.29 is 138 Å². The first-order valence-electron chi connectivity index (χ1n) is 26.6. The van der Waals surface area contributed by atoms with Crippen LogP contribution >= 0.6 is 50.6 Å². The fourth-order valence-electron chi connectivity index (χ4n) is 9.47. The number of aryl methyl sites for hydroxylation is 1. The second-order valence-corrected chi connectivity index (χ2v) is 27.5. The van der Waals surface area contributed by atoms with Crippen molar-refractivity contribution in [2.24, 2.45) is 35.5 Å². The summed E-state index contributed by atoms with van der Waals surface area (Å²) >= 11 is 8.73. The van der Waals surface area contributed by atoms with Gasteiger partial charge in [-0.25, -0.2) is 0 Å². The van der Waals surface area contributed by atoms with Crippen molar-refractivity contribution in [3.05, 3.63) is 34.9 Å². The van der Waals surface area contributed by atoms with E-state index in [0.29, 0.717) is 28.8 Å². The zero-order valence-corrected chi connectivity index (χ0v) is 55.4. The van der Waals surface area contributed by atoms with Gasteiger partial charge in [-0.05, 0) is 34.4 Å². The van der Waals surface area contributed by atoms with Crippen LogP contribution in [0.25, 0.3) is 0 Å². The van der Waals surface area contributed by atoms with E-state index in [1.54, 1.807) is 20.7 Å². The normalized spacial score (nSPS) is 30.2. The Morgan fingerprint density at radius 2 is 0.974 bits per heavy atom. The Labute approximate surface area is 544 Å². The van der Waals surface area contributed by atoms with Crippen molar-refractivity contribution in [2.45, 2.75) is 232 Å². The Hall–Kier alpha value is 1.77. The summed E-state index contributed by atoms with van der Waals surface area (Å²) in [5.74, 6) is -0.109. The molecule has 3 fully saturated rings. The molecule has 433 valence electrons. The van der Waals surface area contributed by atoms with E-state index in [-0.39, 0.29) is 166 Å². The van der Waals surface area contributed by atoms with Gasteiger partial charge in [-0.1, -0.05) is 59.7 Å². The molecule has 3 saturated heterocycles. The number of esters is 3. The monoisotopic (exact) mass is 1210 g/mol. The standard InChI is InChI=1S/C15H24.C14H24B2O6P.C12H22B2O4PS.C10H20B2O3PS.2Ar/c1-11-8-9-12(14(2,3)4)10-13(11)15(5,6)7;1-6-7(2)11-13(23-16-15-19)8(3)12(20-9(4)17)14(22-11)21-10(5)18;1-5-6(2)9-11(19-14-13-16)7(3)10(12(20)18-9)17-8(4)15;1-4-5(2)8-9(16-12-11-14)6(3)7(13)10(17)15-8;;/h8-10H,1-7H3;7-8,11-14,23H,6H2,1-5H3;6-7,9-12,19-20H,5H2,1-4H3;5-10,13,16-17H,4H2,1-3H3;;/t;7-,8+,11?,12?,13-,14?;6-,7+,9?,10?,11-,12?;5-,6+,7?,8?,9-,10?;;/m.000../s1. The predicted octanol–water partition coefficient (Wildman–Crippen LogP) is 9.31. The van der Waals surface area contributed by atoms with Crippen LogP contribution < -0.4 is 0 Å². The second kappa shape index (κ2) is 40.2. The number of carbonyl (C=O) groups is 3. The number of thiol groups is 2. The Bertz CT molecular complexity index is 1940. The first-order chi connectivity index (χ1) is 34.9. The largest absolute Gasteiger partial charge is 0.0587 e. The van der Waals surface area contributed by atoms with Crippen LogP contribution in [0.3, 0.4) is 0 Å². The third kappa shape index (κ3) is 26.9. The summed E-state index contributed by atoms with van der Waals surface area (Å²) in [5.41, 5.74) is 4.39. The molecule has 1 aromatic carbocycles. The summed E-state index contributed by atoms with van der Waals surface area (Å²) in [6.45, 7) is 43.4. The molecular weight excluding hydrogens is 1120 g/mol. The minimum atomic E-state index is -0.914. The third-order valence-electron chi connectivity index (χ3n) is 14.5. The predicted molar refractivity (Wildman–Crippen MR) is 320 cm³/mol. The van der Waals surface area contributed by atoms with Gasteiger partial charge in [-0.2, -0.15) is 0 Å². The van der Waals surface area contributed by atoms with Crippen molar-refractivity contribution in [2.75, 3.05) is 0 Å². The molecule has 0 aromatic heterocycles. The quantitative estimate of drug-likeness (QED) is 0.0417. The van der Waals surface area contributed by atoms with Gasteiger partial charge in [0.1, 0.15) is 0 Å². The van der Waals surface area contributed by atoms with Gasteiger partial charge in [-0.3, -0.25) is 0 Å². The molecule has 12 unspecified atom stereocenters. The fraction of sp³-hybridized carbons (Fsp3) is 0.824. The van der Waals surface area contributed by atoms with Crippen LogP contribution in [0.2, 0.25) is 0 Å². The molecule has 3 radical (unpaired) electrons. The van der Waals surface area contributed by atoms with Crippen molar-refractivity contribution >= 4 is 110 Å². The van der Waals surface area contributed by atoms with Crippen molar-refractivity contribution in [1.82, 2.24) is 0 Å². The van der Waals surface area contributed by atoms with E-state index in [1.807, 2.05) is 20.8 Å². The molecule has 0 amide bonds. The van der Waals surface area contributed by atoms with Gasteiger partial charge >= 0.3 is 381 Å². The van der Waals surface area contributed by atoms with Crippen LogP contribution in [0, 0.1) is 118 Å². The average Bonchev–Trinajstić information content (AvgIpc) is 3.33. The number of rotatable bonds is 18. The summed E-state index contributed by atoms with van der Waals surface area (Å²) in [6, 6.07) is 6.88. The number of aliphatic hydroxyl groups is 1. The second-order valence-electron chi connectivity index (χ2n) is 22.4. The van der Waals surface area contributed by atoms with Crippen LogP contribution in [0.15, 0.2) is 18.2 Å². The maximum atomic E-state index is 11.4. The Morgan fingerprint density at radius 3 is 1.34 bits per heavy atom. The number of carbonyl (C=O) groups excluding carboxylic acids is 3. The van der Waals surface area contributed by atoms with E-state index in [9.17, 15) is 33.6 Å². The van der Waals surface area contributed by atoms with Crippen molar-refractivity contribution in [1.29, 1.82) is 0 Å². The molecule has 3 aliphatic heterocycles. The van der Waals surface area contributed by atoms with Crippen LogP contribution in [-0.4, -0.2) is 136 Å². The summed E-state index contributed by atoms with van der Waals surface area (Å²) < 4.78 is 65.6. The van der Waals surface area contributed by atoms with Crippen LogP contribution in [0.5, 0.6) is 0 Å². The summed E-state index contributed by atoms with van der Waals surface area (Å²) in [5, 5.41) is 9.99. The number of hydrogen-bond donors (Lipinski definition) is 3. The van der Waals surface area contributed by atoms with Crippen molar-refractivity contribution in [3.63, 3.8) is 0 Å². The number of hydrogen-bond acceptors (Lipinski definition) is 15. The SMILES string of the molecule is CC[C@H](C)C1OC(OC(C)=O)C(OC(C)=O)[C@@H](C)[C@@H]1P[B]B=O.CC[C@H](C)C1OC(S)C(O)[C@@H](C)[C@@H]1P[B]B=O.CC[C@H](C)C1OC(S)C(OC(C)=O)[C@@H](C)[C@@H]1P[B]B=O.Cc1ccc(C(C)(C)C)cc1C(C)(C)C.[Ar].[Ar]. The Morgan fingerprint density at radius 1 is 0.610 bits per heavy atom. The maximum Gasteiger partial charge on any atom is 0 e. The third-order valence-corrected chi connectivity index (χ3v) is 20.1. The molecule has 26 heteroatoms. The zero-order valence-electron chi connectivity index (χ0n) is 49.2. The zero-order chi connectivity index (χ0) is 57.7. The van der Waals surface area contributed by atoms with Gasteiger partial charge in [0.05, 0.1) is 0 Å². The molecule has 0 bridgehead atoms. The van der Waals surface area contributed by atoms with E-state index < -0.39 is 41.3 Å². The van der Waals surface area contributed by atoms with Crippen molar-refractivity contribution in [3.8, 4) is 0 Å². The molecule has 77 heavy (non-hydrogen) atoms. The van der Waals surface area contributed by atoms with E-state index in [1.165, 1.54) is 37.5 Å². The molecular formula is C51H90Ar2B6O13P3S2. The smallest absolute Gasteiger partial charge is 0 e. The summed E-state index contributed by atoms with van der Waals surface area (Å²) in [4.78, 5) is 34.0. The van der Waals surface area contributed by atoms with Gasteiger partial charge in [-0.15, -0.1) is 0 Å². The molecule has 1 aromatic rings. The van der Waals surface area contributed by atoms with Gasteiger partial charge in [0.15, 0.2) is 0 Å². The van der Waals surface area contributed by atoms with E-state index in [2.05, 4.69) is 133 Å². The van der Waals surface area contributed by atoms with Crippen LogP contribution in [0.4, 0.5) is 0 Å². The molecule has 3 aliphatic rings. The first kappa shape index (κ1) is 80.8. The Balaban J connectivity index is 0. The summed E-state index contributed by atoms with van der Waals surface area (Å²) in [6.07, 6.45) is 0.357. The molecule has 0 spiro atoms. The van der Waals surface area contributed by atoms with E-state index in [0.717, 1.165) is 40.4 Å². The maximum absolute atomic E-state index is 11.4. The molecule has 4 rings (SSSR count). The first-order valence-corrected chi connectivity index (χ1v) is 31.1. The number of aliphatic hydroxyl groups excluding tert-OH is 1. The molecule has 1 N–H and O–H groups in total. The van der Waals surface area contributed by atoms with Crippen LogP contribution in [-0.2, 0) is 67.7 Å². The topological polar surface area (TPSA) is 178 Å². The van der Waals surface area contributed by atoms with E-state index in [4.69, 9.17) is 28.4 Å². The number of benzene rings is 1. The number of ether oxygens (including phenoxy) is 6. The molecule has 0 saturated carbocycles. The van der Waals surface area contributed by atoms with Gasteiger partial charge in [0, 0.05) is 75.5 Å². The molecule has 13 nitrogen and oxygen atoms in total. The molecule has 0 aliphatic carbocycles. The van der Waals surface area contributed by atoms with Gasteiger partial charge in [0.25, 0.3) is 0 Å². The minimum Gasteiger partial charge on any atom is -0.0587 e. The van der Waals surface area contributed by atoms with Gasteiger partial charge < -0.3 is 0 Å². The van der Waals surface area contributed by atoms with E-state index >= 15 is 0 Å². The Kier molecular flexibility index (Phi) is 42.2. The molecule has 21 atom stereocenters. The fourth-order valence-corrected chi connectivity index (χ4v) is 14.5. The van der Waals surface area contributed by atoms with Gasteiger partial charge in [0.2, 0.25) is 0 Å². The minimum absolute atomic E-state index is 0. The van der Waals surface area contributed by atoms with Crippen LogP contribution in [0.1, 0.15) is 161 Å². The average molecular weight is 1210 g/mol. The molecule has 3 heterocycles.